The number of terminal acetylenes is 1. The quantitative estimate of drug-likeness (QED) is 0.110. The van der Waals surface area contributed by atoms with E-state index in [2.05, 4.69) is 72.0 Å². The Morgan fingerprint density at radius 2 is 1.19 bits per heavy atom. The summed E-state index contributed by atoms with van der Waals surface area (Å²) in [6.07, 6.45) is 10.5. The van der Waals surface area contributed by atoms with Crippen LogP contribution in [0.2, 0.25) is 19.6 Å². The second-order valence-corrected chi connectivity index (χ2v) is 9.67. The first-order chi connectivity index (χ1) is 13.9. The van der Waals surface area contributed by atoms with Gasteiger partial charge in [0.2, 0.25) is 8.32 Å². The molecule has 0 amide bonds. The van der Waals surface area contributed by atoms with Crippen LogP contribution in [0.4, 0.5) is 0 Å². The van der Waals surface area contributed by atoms with Crippen LogP contribution < -0.4 is 0 Å². The molecule has 1 atom stereocenters. The number of rotatable bonds is 9. The van der Waals surface area contributed by atoms with Crippen LogP contribution in [0.25, 0.3) is 0 Å². The Kier molecular flexibility index (Phi) is 116. The second-order valence-electron chi connectivity index (χ2n) is 5.24. The Hall–Kier alpha value is -1.27. The van der Waals surface area contributed by atoms with E-state index in [1.807, 2.05) is 0 Å². The van der Waals surface area contributed by atoms with Crippen molar-refractivity contribution in [3.05, 3.63) is 52.2 Å². The Balaban J connectivity index is -0.0000000424. The molecule has 0 spiro atoms. The summed E-state index contributed by atoms with van der Waals surface area (Å²) in [7, 11) is 0.197. The fourth-order valence-electron chi connectivity index (χ4n) is 1.58. The molecule has 0 aliphatic heterocycles. The zero-order valence-electron chi connectivity index (χ0n) is 17.8. The molecule has 0 aliphatic rings. The molecular formula is C20H26Co2O8Si. The number of methoxy groups -OCH3 is 1. The van der Waals surface area contributed by atoms with Crippen LogP contribution in [0.5, 0.6) is 0 Å². The third-order valence-electron chi connectivity index (χ3n) is 2.34. The standard InChI is InChI=1S/C14H26O2Si.6CO.2Co/c1-7-14(15-3)12-10-8-9-11-13(2)16-17(4,5)6;6*1-2;;/h1,14H,2,8-12H2,3-6H3;;;;;;;;. The van der Waals surface area contributed by atoms with E-state index in [1.165, 1.54) is 0 Å². The molecule has 0 heterocycles. The van der Waals surface area contributed by atoms with Crippen molar-refractivity contribution in [1.29, 1.82) is 0 Å². The summed E-state index contributed by atoms with van der Waals surface area (Å²) < 4.78 is 55.9. The van der Waals surface area contributed by atoms with E-state index in [1.54, 1.807) is 7.11 Å². The molecule has 8 nitrogen and oxygen atoms in total. The van der Waals surface area contributed by atoms with Crippen molar-refractivity contribution in [2.24, 2.45) is 0 Å². The van der Waals surface area contributed by atoms with E-state index in [-0.39, 0.29) is 39.7 Å². The summed E-state index contributed by atoms with van der Waals surface area (Å²) in [5.74, 6) is 3.56. The molecule has 0 aromatic heterocycles. The first-order valence-corrected chi connectivity index (χ1v) is 10.9. The van der Waals surface area contributed by atoms with E-state index >= 15 is 0 Å². The molecular weight excluding hydrogens is 514 g/mol. The summed E-state index contributed by atoms with van der Waals surface area (Å²) in [5, 5.41) is 0. The van der Waals surface area contributed by atoms with Crippen LogP contribution in [0.1, 0.15) is 32.1 Å². The maximum atomic E-state index is 7.50. The molecule has 2 radical (unpaired) electrons. The smallest absolute Gasteiger partial charge is 0 e. The van der Waals surface area contributed by atoms with Gasteiger partial charge in [0.05, 0.1) is 5.76 Å². The Labute approximate surface area is 208 Å². The predicted molar refractivity (Wildman–Crippen MR) is 99.9 cm³/mol. The molecule has 176 valence electrons. The van der Waals surface area contributed by atoms with Gasteiger partial charge < -0.3 is 9.16 Å². The zero-order chi connectivity index (χ0) is 25.3. The number of ether oxygens (including phenoxy) is 1. The molecule has 0 rings (SSSR count). The fourth-order valence-corrected chi connectivity index (χ4v) is 2.55. The van der Waals surface area contributed by atoms with E-state index in [9.17, 15) is 0 Å². The number of allylic oxidation sites excluding steroid dienone is 1. The first-order valence-electron chi connectivity index (χ1n) is 7.47. The van der Waals surface area contributed by atoms with E-state index in [0.29, 0.717) is 0 Å². The van der Waals surface area contributed by atoms with Gasteiger partial charge in [-0.1, -0.05) is 18.9 Å². The van der Waals surface area contributed by atoms with Crippen molar-refractivity contribution in [3.63, 3.8) is 0 Å². The van der Waals surface area contributed by atoms with Crippen molar-refractivity contribution >= 4 is 8.32 Å². The minimum absolute atomic E-state index is 0. The Morgan fingerprint density at radius 1 is 0.839 bits per heavy atom. The van der Waals surface area contributed by atoms with Gasteiger partial charge in [-0.3, -0.25) is 0 Å². The molecule has 0 saturated carbocycles. The number of unbranched alkanes of at least 4 members (excludes halogenated alkanes) is 2. The molecule has 0 aromatic carbocycles. The summed E-state index contributed by atoms with van der Waals surface area (Å²) in [6, 6.07) is 0. The zero-order valence-corrected chi connectivity index (χ0v) is 20.9. The molecule has 0 bridgehead atoms. The van der Waals surface area contributed by atoms with Gasteiger partial charge in [0.15, 0.2) is 0 Å². The van der Waals surface area contributed by atoms with Crippen LogP contribution in [0, 0.1) is 52.2 Å². The van der Waals surface area contributed by atoms with Gasteiger partial charge in [0.25, 0.3) is 0 Å². The SMILES string of the molecule is C#CC(CCCCCC(=C)O[Si](C)(C)C)OC.[C-]#[O+].[C-]#[O+].[C-]#[O+].[C-]#[O+].[C-]#[O+].[C-]#[O+].[Co].[Co]. The number of hydrogen-bond acceptors (Lipinski definition) is 2. The monoisotopic (exact) mass is 540 g/mol. The van der Waals surface area contributed by atoms with E-state index in [4.69, 9.17) is 43.5 Å². The molecule has 0 aromatic rings. The molecule has 11 heteroatoms. The maximum absolute atomic E-state index is 7.50. The van der Waals surface area contributed by atoms with Crippen molar-refractivity contribution in [2.45, 2.75) is 57.8 Å². The van der Waals surface area contributed by atoms with Crippen molar-refractivity contribution in [2.75, 3.05) is 7.11 Å². The Morgan fingerprint density at radius 3 is 1.45 bits per heavy atom. The van der Waals surface area contributed by atoms with Gasteiger partial charge >= 0.3 is 67.8 Å². The van der Waals surface area contributed by atoms with Gasteiger partial charge in [-0.25, -0.2) is 0 Å². The predicted octanol–water partition coefficient (Wildman–Crippen LogP) is 3.72. The minimum atomic E-state index is -1.46. The summed E-state index contributed by atoms with van der Waals surface area (Å²) in [6.45, 7) is 37.5. The molecule has 0 aliphatic carbocycles. The molecule has 0 N–H and O–H groups in total. The van der Waals surface area contributed by atoms with Gasteiger partial charge in [-0.2, -0.15) is 0 Å². The van der Waals surface area contributed by atoms with Crippen molar-refractivity contribution in [1.82, 2.24) is 0 Å². The van der Waals surface area contributed by atoms with Crippen LogP contribution in [-0.4, -0.2) is 21.5 Å². The van der Waals surface area contributed by atoms with Crippen molar-refractivity contribution in [3.8, 4) is 12.3 Å². The summed E-state index contributed by atoms with van der Waals surface area (Å²) >= 11 is 0. The Bertz CT molecular complexity index is 451. The topological polar surface area (TPSA) is 138 Å². The van der Waals surface area contributed by atoms with Crippen LogP contribution >= 0.6 is 0 Å². The first kappa shape index (κ1) is 57.1. The average Bonchev–Trinajstić information content (AvgIpc) is 2.78. The third kappa shape index (κ3) is 83.0. The van der Waals surface area contributed by atoms with Gasteiger partial charge in [-0.15, -0.1) is 6.42 Å². The molecule has 31 heavy (non-hydrogen) atoms. The van der Waals surface area contributed by atoms with Crippen LogP contribution in [0.15, 0.2) is 12.3 Å². The average molecular weight is 540 g/mol. The van der Waals surface area contributed by atoms with Gasteiger partial charge in [0, 0.05) is 47.1 Å². The van der Waals surface area contributed by atoms with Gasteiger partial charge in [0.1, 0.15) is 6.10 Å². The number of hydrogen-bond donors (Lipinski definition) is 0. The van der Waals surface area contributed by atoms with E-state index in [0.717, 1.165) is 37.9 Å². The minimum Gasteiger partial charge on any atom is 0 e. The third-order valence-corrected chi connectivity index (χ3v) is 3.24. The van der Waals surface area contributed by atoms with Crippen LogP contribution in [0.3, 0.4) is 0 Å². The molecule has 1 unspecified atom stereocenters. The van der Waals surface area contributed by atoms with Crippen molar-refractivity contribution < 1.29 is 70.6 Å². The van der Waals surface area contributed by atoms with E-state index < -0.39 is 8.32 Å². The molecule has 0 fully saturated rings. The van der Waals surface area contributed by atoms with Crippen LogP contribution in [-0.2, 0) is 70.6 Å². The van der Waals surface area contributed by atoms with Gasteiger partial charge in [-0.05, 0) is 38.9 Å². The summed E-state index contributed by atoms with van der Waals surface area (Å²) in [5.41, 5.74) is 0. The normalized spacial score (nSPS) is 7.45. The maximum Gasteiger partial charge on any atom is 0 e. The largest absolute Gasteiger partial charge is 0 e. The molecule has 0 saturated heterocycles. The summed E-state index contributed by atoms with van der Waals surface area (Å²) in [4.78, 5) is 0. The fraction of sp³-hybridized carbons (Fsp3) is 0.500. The second kappa shape index (κ2) is 63.0.